The van der Waals surface area contributed by atoms with Gasteiger partial charge in [-0.1, -0.05) is 13.8 Å². The molecule has 2 rings (SSSR count). The summed E-state index contributed by atoms with van der Waals surface area (Å²) in [7, 11) is 1.43. The van der Waals surface area contributed by atoms with Crippen molar-refractivity contribution in [3.8, 4) is 0 Å². The first-order valence-electron chi connectivity index (χ1n) is 8.32. The minimum absolute atomic E-state index is 0.208. The van der Waals surface area contributed by atoms with Crippen LogP contribution in [0.2, 0.25) is 0 Å². The molecule has 0 N–H and O–H groups in total. The van der Waals surface area contributed by atoms with Gasteiger partial charge in [0.25, 0.3) is 5.56 Å². The molecule has 25 heavy (non-hydrogen) atoms. The summed E-state index contributed by atoms with van der Waals surface area (Å²) in [5.41, 5.74) is -0.973. The summed E-state index contributed by atoms with van der Waals surface area (Å²) >= 11 is 0. The third-order valence-corrected chi connectivity index (χ3v) is 3.88. The van der Waals surface area contributed by atoms with Gasteiger partial charge in [-0.05, 0) is 33.6 Å². The van der Waals surface area contributed by atoms with Crippen LogP contribution in [0, 0.1) is 11.3 Å². The van der Waals surface area contributed by atoms with E-state index in [4.69, 9.17) is 4.74 Å². The number of hydrogen-bond donors (Lipinski definition) is 0. The number of carbonyl (C=O) groups excluding carboxylic acids is 1. The Bertz CT molecular complexity index is 912. The van der Waals surface area contributed by atoms with E-state index in [2.05, 4.69) is 4.98 Å². The number of aromatic nitrogens is 4. The molecule has 0 saturated carbocycles. The molecule has 2 heterocycles. The maximum absolute atomic E-state index is 12.6. The molecule has 0 radical (unpaired) electrons. The van der Waals surface area contributed by atoms with Gasteiger partial charge in [-0.2, -0.15) is 0 Å². The van der Waals surface area contributed by atoms with Crippen LogP contribution < -0.4 is 11.2 Å². The SMILES string of the molecule is CC(C)Cn1c(=O)n(C)c(=O)c2c1ncn2C(C)OC(=O)C(C)(C)C. The van der Waals surface area contributed by atoms with Crippen LogP contribution in [0.15, 0.2) is 15.9 Å². The zero-order valence-electron chi connectivity index (χ0n) is 15.9. The average molecular weight is 350 g/mol. The lowest BCUT2D eigenvalue weighted by Crippen LogP contribution is -2.39. The molecule has 0 aliphatic carbocycles. The van der Waals surface area contributed by atoms with Crippen LogP contribution in [0.4, 0.5) is 0 Å². The zero-order valence-corrected chi connectivity index (χ0v) is 15.9. The summed E-state index contributed by atoms with van der Waals surface area (Å²) in [6, 6.07) is 0. The molecule has 8 nitrogen and oxygen atoms in total. The van der Waals surface area contributed by atoms with E-state index in [1.54, 1.807) is 27.7 Å². The van der Waals surface area contributed by atoms with Crippen LogP contribution in [-0.2, 0) is 23.1 Å². The Balaban J connectivity index is 2.61. The first-order chi connectivity index (χ1) is 11.4. The molecule has 2 aromatic heterocycles. The number of rotatable bonds is 4. The van der Waals surface area contributed by atoms with E-state index < -0.39 is 22.9 Å². The molecule has 1 atom stereocenters. The highest BCUT2D eigenvalue weighted by Crippen LogP contribution is 2.21. The van der Waals surface area contributed by atoms with Crippen molar-refractivity contribution in [3.05, 3.63) is 27.2 Å². The Morgan fingerprint density at radius 2 is 1.84 bits per heavy atom. The molecule has 0 aliphatic rings. The van der Waals surface area contributed by atoms with E-state index in [1.165, 1.54) is 22.5 Å². The van der Waals surface area contributed by atoms with E-state index >= 15 is 0 Å². The lowest BCUT2D eigenvalue weighted by molar-refractivity contribution is -0.162. The summed E-state index contributed by atoms with van der Waals surface area (Å²) in [4.78, 5) is 41.4. The van der Waals surface area contributed by atoms with Crippen molar-refractivity contribution in [2.24, 2.45) is 18.4 Å². The highest BCUT2D eigenvalue weighted by atomic mass is 16.6. The van der Waals surface area contributed by atoms with Gasteiger partial charge in [0, 0.05) is 13.6 Å². The zero-order chi connectivity index (χ0) is 19.1. The van der Waals surface area contributed by atoms with E-state index in [9.17, 15) is 14.4 Å². The number of carbonyl (C=O) groups is 1. The Kier molecular flexibility index (Phi) is 4.92. The molecule has 138 valence electrons. The fourth-order valence-electron chi connectivity index (χ4n) is 2.47. The summed E-state index contributed by atoms with van der Waals surface area (Å²) in [6.45, 7) is 11.3. The first kappa shape index (κ1) is 19.0. The molecule has 1 unspecified atom stereocenters. The van der Waals surface area contributed by atoms with Crippen LogP contribution in [-0.4, -0.2) is 24.7 Å². The quantitative estimate of drug-likeness (QED) is 0.783. The fourth-order valence-corrected chi connectivity index (χ4v) is 2.47. The van der Waals surface area contributed by atoms with E-state index in [0.717, 1.165) is 4.57 Å². The van der Waals surface area contributed by atoms with Crippen molar-refractivity contribution in [1.29, 1.82) is 0 Å². The minimum atomic E-state index is -0.713. The van der Waals surface area contributed by atoms with Crippen LogP contribution in [0.3, 0.4) is 0 Å². The van der Waals surface area contributed by atoms with Crippen molar-refractivity contribution in [2.45, 2.75) is 54.3 Å². The highest BCUT2D eigenvalue weighted by molar-refractivity contribution is 5.76. The van der Waals surface area contributed by atoms with E-state index in [-0.39, 0.29) is 17.4 Å². The van der Waals surface area contributed by atoms with Crippen molar-refractivity contribution in [1.82, 2.24) is 18.7 Å². The number of imidazole rings is 1. The van der Waals surface area contributed by atoms with Gasteiger partial charge in [0.15, 0.2) is 17.4 Å². The smallest absolute Gasteiger partial charge is 0.332 e. The predicted octanol–water partition coefficient (Wildman–Crippen LogP) is 1.66. The topological polar surface area (TPSA) is 88.1 Å². The number of ether oxygens (including phenoxy) is 1. The lowest BCUT2D eigenvalue weighted by atomic mass is 9.97. The van der Waals surface area contributed by atoms with Gasteiger partial charge in [-0.25, -0.2) is 9.78 Å². The maximum Gasteiger partial charge on any atom is 0.332 e. The third-order valence-electron chi connectivity index (χ3n) is 3.88. The predicted molar refractivity (Wildman–Crippen MR) is 94.3 cm³/mol. The van der Waals surface area contributed by atoms with Crippen molar-refractivity contribution < 1.29 is 9.53 Å². The van der Waals surface area contributed by atoms with E-state index in [0.29, 0.717) is 12.2 Å². The maximum atomic E-state index is 12.6. The van der Waals surface area contributed by atoms with Gasteiger partial charge in [-0.3, -0.25) is 23.3 Å². The van der Waals surface area contributed by atoms with Gasteiger partial charge in [0.2, 0.25) is 0 Å². The second kappa shape index (κ2) is 6.50. The van der Waals surface area contributed by atoms with Crippen LogP contribution in [0.1, 0.15) is 47.8 Å². The Labute approximate surface area is 146 Å². The summed E-state index contributed by atoms with van der Waals surface area (Å²) in [6.07, 6.45) is 0.720. The number of hydrogen-bond acceptors (Lipinski definition) is 5. The number of nitrogens with zero attached hydrogens (tertiary/aromatic N) is 4. The molecule has 0 bridgehead atoms. The molecule has 0 amide bonds. The molecule has 2 aromatic rings. The standard InChI is InChI=1S/C17H26N4O4/c1-10(2)8-20-13-12(14(22)19(7)16(20)24)21(9-18-13)11(3)25-15(23)17(4,5)6/h9-11H,8H2,1-7H3. The van der Waals surface area contributed by atoms with Gasteiger partial charge < -0.3 is 4.74 Å². The molecule has 0 aliphatic heterocycles. The van der Waals surface area contributed by atoms with Crippen LogP contribution in [0.25, 0.3) is 11.2 Å². The molecule has 0 saturated heterocycles. The summed E-state index contributed by atoms with van der Waals surface area (Å²) < 4.78 is 9.50. The lowest BCUT2D eigenvalue weighted by Gasteiger charge is -2.22. The van der Waals surface area contributed by atoms with Crippen LogP contribution in [0.5, 0.6) is 0 Å². The van der Waals surface area contributed by atoms with Crippen LogP contribution >= 0.6 is 0 Å². The Morgan fingerprint density at radius 1 is 1.24 bits per heavy atom. The molecular formula is C17H26N4O4. The van der Waals surface area contributed by atoms with Gasteiger partial charge in [-0.15, -0.1) is 0 Å². The third kappa shape index (κ3) is 3.52. The normalized spacial score (nSPS) is 13.4. The second-order valence-corrected chi connectivity index (χ2v) is 7.73. The van der Waals surface area contributed by atoms with Crippen molar-refractivity contribution in [2.75, 3.05) is 0 Å². The van der Waals surface area contributed by atoms with Gasteiger partial charge >= 0.3 is 11.7 Å². The second-order valence-electron chi connectivity index (χ2n) is 7.73. The molecule has 8 heteroatoms. The first-order valence-corrected chi connectivity index (χ1v) is 8.32. The molecular weight excluding hydrogens is 324 g/mol. The average Bonchev–Trinajstić information content (AvgIpc) is 2.93. The molecule has 0 fully saturated rings. The molecule has 0 spiro atoms. The minimum Gasteiger partial charge on any atom is -0.441 e. The largest absolute Gasteiger partial charge is 0.441 e. The van der Waals surface area contributed by atoms with E-state index in [1.807, 2.05) is 13.8 Å². The number of fused-ring (bicyclic) bond motifs is 1. The molecule has 0 aromatic carbocycles. The fraction of sp³-hybridized carbons (Fsp3) is 0.647. The van der Waals surface area contributed by atoms with Crippen molar-refractivity contribution in [3.63, 3.8) is 0 Å². The van der Waals surface area contributed by atoms with Crippen molar-refractivity contribution >= 4 is 17.1 Å². The monoisotopic (exact) mass is 350 g/mol. The number of esters is 1. The Morgan fingerprint density at radius 3 is 2.36 bits per heavy atom. The van der Waals surface area contributed by atoms with Gasteiger partial charge in [0.05, 0.1) is 5.41 Å². The summed E-state index contributed by atoms with van der Waals surface area (Å²) in [5, 5.41) is 0. The highest BCUT2D eigenvalue weighted by Gasteiger charge is 2.27. The van der Waals surface area contributed by atoms with Gasteiger partial charge in [0.1, 0.15) is 6.33 Å². The summed E-state index contributed by atoms with van der Waals surface area (Å²) in [5.74, 6) is -0.172. The Hall–Kier alpha value is -2.38.